The van der Waals surface area contributed by atoms with Crippen molar-refractivity contribution in [3.05, 3.63) is 41.9 Å². The summed E-state index contributed by atoms with van der Waals surface area (Å²) in [4.78, 5) is 4.49. The van der Waals surface area contributed by atoms with Crippen LogP contribution in [0.3, 0.4) is 0 Å². The lowest BCUT2D eigenvalue weighted by molar-refractivity contribution is 0.455. The molecule has 3 rings (SSSR count). The van der Waals surface area contributed by atoms with Crippen LogP contribution in [0.4, 0.5) is 0 Å². The molecular weight excluding hydrogens is 216 g/mol. The van der Waals surface area contributed by atoms with Crippen LogP contribution in [0.5, 0.6) is 0 Å². The third-order valence-electron chi connectivity index (χ3n) is 2.71. The highest BCUT2D eigenvalue weighted by Crippen LogP contribution is 2.16. The molecule has 5 heteroatoms. The molecule has 1 aromatic carbocycles. The first-order valence-corrected chi connectivity index (χ1v) is 5.45. The van der Waals surface area contributed by atoms with Crippen LogP contribution in [0.25, 0.3) is 11.0 Å². The molecule has 0 atom stereocenters. The minimum atomic E-state index is 0.563. The zero-order valence-electron chi connectivity index (χ0n) is 9.71. The number of rotatable bonds is 2. The Balaban J connectivity index is 2.08. The Bertz CT molecular complexity index is 668. The summed E-state index contributed by atoms with van der Waals surface area (Å²) in [6, 6.07) is 8.02. The molecule has 0 saturated heterocycles. The fourth-order valence-corrected chi connectivity index (χ4v) is 1.93. The fourth-order valence-electron chi connectivity index (χ4n) is 1.93. The Morgan fingerprint density at radius 2 is 2.00 bits per heavy atom. The van der Waals surface area contributed by atoms with Gasteiger partial charge in [-0.1, -0.05) is 12.1 Å². The quantitative estimate of drug-likeness (QED) is 0.673. The van der Waals surface area contributed by atoms with E-state index in [2.05, 4.69) is 19.7 Å². The molecular formula is C12H12N4O. The van der Waals surface area contributed by atoms with Gasteiger partial charge in [-0.3, -0.25) is 0 Å². The second-order valence-electron chi connectivity index (χ2n) is 3.95. The summed E-state index contributed by atoms with van der Waals surface area (Å²) < 4.78 is 7.46. The van der Waals surface area contributed by atoms with Crippen LogP contribution in [0.2, 0.25) is 0 Å². The molecule has 0 aliphatic carbocycles. The monoisotopic (exact) mass is 228 g/mol. The van der Waals surface area contributed by atoms with Crippen molar-refractivity contribution >= 4 is 11.0 Å². The van der Waals surface area contributed by atoms with Crippen LogP contribution in [-0.4, -0.2) is 19.7 Å². The molecule has 5 nitrogen and oxygen atoms in total. The Morgan fingerprint density at radius 1 is 1.18 bits per heavy atom. The third-order valence-corrected chi connectivity index (χ3v) is 2.71. The molecule has 0 N–H and O–H groups in total. The van der Waals surface area contributed by atoms with Crippen LogP contribution < -0.4 is 0 Å². The van der Waals surface area contributed by atoms with Gasteiger partial charge >= 0.3 is 0 Å². The van der Waals surface area contributed by atoms with Gasteiger partial charge in [-0.2, -0.15) is 0 Å². The topological polar surface area (TPSA) is 56.7 Å². The second-order valence-corrected chi connectivity index (χ2v) is 3.95. The molecule has 0 unspecified atom stereocenters. The number of aromatic nitrogens is 4. The molecule has 0 spiro atoms. The van der Waals surface area contributed by atoms with Gasteiger partial charge in [0, 0.05) is 6.92 Å². The van der Waals surface area contributed by atoms with Crippen LogP contribution in [-0.2, 0) is 6.54 Å². The Morgan fingerprint density at radius 3 is 2.76 bits per heavy atom. The SMILES string of the molecule is Cc1nnc(Cn2c(C)nc3ccccc32)o1. The lowest BCUT2D eigenvalue weighted by Crippen LogP contribution is -2.02. The van der Waals surface area contributed by atoms with E-state index < -0.39 is 0 Å². The normalized spacial score (nSPS) is 11.2. The van der Waals surface area contributed by atoms with Gasteiger partial charge < -0.3 is 8.98 Å². The Kier molecular flexibility index (Phi) is 2.18. The van der Waals surface area contributed by atoms with Crippen molar-refractivity contribution in [1.82, 2.24) is 19.7 Å². The van der Waals surface area contributed by atoms with Gasteiger partial charge in [0.1, 0.15) is 12.4 Å². The van der Waals surface area contributed by atoms with E-state index in [0.29, 0.717) is 18.3 Å². The van der Waals surface area contributed by atoms with Crippen molar-refractivity contribution in [2.75, 3.05) is 0 Å². The standard InChI is InChI=1S/C12H12N4O/c1-8-13-10-5-3-4-6-11(10)16(8)7-12-15-14-9(2)17-12/h3-6H,7H2,1-2H3. The molecule has 0 fully saturated rings. The summed E-state index contributed by atoms with van der Waals surface area (Å²) in [6.07, 6.45) is 0. The first-order chi connectivity index (χ1) is 8.24. The molecule has 0 aliphatic rings. The van der Waals surface area contributed by atoms with Crippen LogP contribution in [0.15, 0.2) is 28.7 Å². The maximum Gasteiger partial charge on any atom is 0.236 e. The van der Waals surface area contributed by atoms with Crippen molar-refractivity contribution < 1.29 is 4.42 Å². The van der Waals surface area contributed by atoms with Crippen molar-refractivity contribution in [3.63, 3.8) is 0 Å². The highest BCUT2D eigenvalue weighted by molar-refractivity contribution is 5.75. The molecule has 0 amide bonds. The van der Waals surface area contributed by atoms with E-state index in [9.17, 15) is 0 Å². The molecule has 2 heterocycles. The number of hydrogen-bond acceptors (Lipinski definition) is 4. The van der Waals surface area contributed by atoms with Gasteiger partial charge in [-0.25, -0.2) is 4.98 Å². The molecule has 17 heavy (non-hydrogen) atoms. The minimum Gasteiger partial charge on any atom is -0.424 e. The molecule has 3 aromatic rings. The number of benzene rings is 1. The fraction of sp³-hybridized carbons (Fsp3) is 0.250. The average molecular weight is 228 g/mol. The second kappa shape index (κ2) is 3.69. The van der Waals surface area contributed by atoms with Gasteiger partial charge in [0.15, 0.2) is 0 Å². The van der Waals surface area contributed by atoms with Gasteiger partial charge in [-0.15, -0.1) is 10.2 Å². The maximum absolute atomic E-state index is 5.39. The van der Waals surface area contributed by atoms with Gasteiger partial charge in [0.2, 0.25) is 11.8 Å². The summed E-state index contributed by atoms with van der Waals surface area (Å²) in [7, 11) is 0. The zero-order chi connectivity index (χ0) is 11.8. The number of aryl methyl sites for hydroxylation is 2. The number of para-hydroxylation sites is 2. The third kappa shape index (κ3) is 1.69. The van der Waals surface area contributed by atoms with E-state index in [1.165, 1.54) is 0 Å². The number of fused-ring (bicyclic) bond motifs is 1. The highest BCUT2D eigenvalue weighted by atomic mass is 16.4. The largest absolute Gasteiger partial charge is 0.424 e. The molecule has 0 bridgehead atoms. The summed E-state index contributed by atoms with van der Waals surface area (Å²) in [6.45, 7) is 4.33. The van der Waals surface area contributed by atoms with Crippen molar-refractivity contribution in [2.24, 2.45) is 0 Å². The lowest BCUT2D eigenvalue weighted by atomic mass is 10.3. The number of imidazole rings is 1. The Labute approximate surface area is 98.1 Å². The number of nitrogens with zero attached hydrogens (tertiary/aromatic N) is 4. The van der Waals surface area contributed by atoms with E-state index in [1.807, 2.05) is 31.2 Å². The summed E-state index contributed by atoms with van der Waals surface area (Å²) in [5, 5.41) is 7.83. The molecule has 0 aliphatic heterocycles. The van der Waals surface area contributed by atoms with Gasteiger partial charge in [-0.05, 0) is 19.1 Å². The number of hydrogen-bond donors (Lipinski definition) is 0. The van der Waals surface area contributed by atoms with Crippen molar-refractivity contribution in [1.29, 1.82) is 0 Å². The minimum absolute atomic E-state index is 0.563. The van der Waals surface area contributed by atoms with Gasteiger partial charge in [0.05, 0.1) is 11.0 Å². The molecule has 2 aromatic heterocycles. The van der Waals surface area contributed by atoms with E-state index in [4.69, 9.17) is 4.42 Å². The zero-order valence-corrected chi connectivity index (χ0v) is 9.71. The van der Waals surface area contributed by atoms with Crippen molar-refractivity contribution in [3.8, 4) is 0 Å². The van der Waals surface area contributed by atoms with E-state index in [-0.39, 0.29) is 0 Å². The van der Waals surface area contributed by atoms with Crippen molar-refractivity contribution in [2.45, 2.75) is 20.4 Å². The smallest absolute Gasteiger partial charge is 0.236 e. The highest BCUT2D eigenvalue weighted by Gasteiger charge is 2.10. The van der Waals surface area contributed by atoms with Gasteiger partial charge in [0.25, 0.3) is 0 Å². The molecule has 86 valence electrons. The molecule has 0 saturated carbocycles. The first kappa shape index (κ1) is 10.0. The van der Waals surface area contributed by atoms with Crippen LogP contribution in [0, 0.1) is 13.8 Å². The van der Waals surface area contributed by atoms with E-state index in [0.717, 1.165) is 16.9 Å². The van der Waals surface area contributed by atoms with Crippen LogP contribution >= 0.6 is 0 Å². The maximum atomic E-state index is 5.39. The predicted octanol–water partition coefficient (Wildman–Crippen LogP) is 2.08. The summed E-state index contributed by atoms with van der Waals surface area (Å²) >= 11 is 0. The van der Waals surface area contributed by atoms with Crippen LogP contribution in [0.1, 0.15) is 17.6 Å². The van der Waals surface area contributed by atoms with E-state index in [1.54, 1.807) is 6.92 Å². The molecule has 0 radical (unpaired) electrons. The predicted molar refractivity (Wildman–Crippen MR) is 62.6 cm³/mol. The summed E-state index contributed by atoms with van der Waals surface area (Å²) in [5.74, 6) is 2.14. The Hall–Kier alpha value is -2.17. The average Bonchev–Trinajstić information content (AvgIpc) is 2.85. The van der Waals surface area contributed by atoms with E-state index >= 15 is 0 Å². The first-order valence-electron chi connectivity index (χ1n) is 5.45. The lowest BCUT2D eigenvalue weighted by Gasteiger charge is -2.02. The summed E-state index contributed by atoms with van der Waals surface area (Å²) in [5.41, 5.74) is 2.07.